The summed E-state index contributed by atoms with van der Waals surface area (Å²) >= 11 is 1.92. The van der Waals surface area contributed by atoms with Crippen LogP contribution in [0.2, 0.25) is 0 Å². The molecular weight excluding hydrogens is 218 g/mol. The Hall–Kier alpha value is -0.740. The smallest absolute Gasteiger partial charge is 0.126 e. The second-order valence-electron chi connectivity index (χ2n) is 4.06. The van der Waals surface area contributed by atoms with E-state index in [1.807, 2.05) is 23.9 Å². The van der Waals surface area contributed by atoms with Crippen molar-refractivity contribution >= 4 is 17.6 Å². The molecule has 1 heterocycles. The molecule has 2 atom stereocenters. The van der Waals surface area contributed by atoms with E-state index in [2.05, 4.69) is 18.8 Å². The third-order valence-electron chi connectivity index (χ3n) is 2.58. The third kappa shape index (κ3) is 4.41. The molecule has 0 amide bonds. The number of rotatable bonds is 6. The summed E-state index contributed by atoms with van der Waals surface area (Å²) in [5.74, 6) is 1.58. The Labute approximate surface area is 102 Å². The molecule has 0 radical (unpaired) electrons. The number of anilines is 1. The maximum atomic E-state index is 6.07. The minimum absolute atomic E-state index is 0.158. The van der Waals surface area contributed by atoms with E-state index in [1.54, 1.807) is 6.20 Å². The molecule has 4 N–H and O–H groups in total. The van der Waals surface area contributed by atoms with Gasteiger partial charge in [-0.1, -0.05) is 19.9 Å². The summed E-state index contributed by atoms with van der Waals surface area (Å²) in [5, 5.41) is 0.678. The average molecular weight is 239 g/mol. The number of nitrogens with two attached hydrogens (primary N) is 2. The molecule has 90 valence electrons. The van der Waals surface area contributed by atoms with Gasteiger partial charge in [-0.2, -0.15) is 11.8 Å². The standard InChI is InChI=1S/C12H21N3S/c1-3-9(2)16-8-11(13)7-10-5-4-6-15-12(10)14/h4-6,9,11H,3,7-8,13H2,1-2H3,(H2,14,15). The molecule has 0 spiro atoms. The van der Waals surface area contributed by atoms with Gasteiger partial charge in [-0.15, -0.1) is 0 Å². The van der Waals surface area contributed by atoms with Crippen molar-refractivity contribution in [2.24, 2.45) is 5.73 Å². The highest BCUT2D eigenvalue weighted by Crippen LogP contribution is 2.16. The van der Waals surface area contributed by atoms with Crippen LogP contribution >= 0.6 is 11.8 Å². The zero-order valence-corrected chi connectivity index (χ0v) is 10.8. The molecule has 0 saturated carbocycles. The Bertz CT molecular complexity index is 317. The molecule has 0 fully saturated rings. The van der Waals surface area contributed by atoms with Gasteiger partial charge in [-0.25, -0.2) is 4.98 Å². The van der Waals surface area contributed by atoms with E-state index in [0.717, 1.165) is 17.7 Å². The molecule has 0 aromatic carbocycles. The number of nitrogen functional groups attached to an aromatic ring is 1. The predicted molar refractivity (Wildman–Crippen MR) is 72.5 cm³/mol. The first kappa shape index (κ1) is 13.3. The molecule has 16 heavy (non-hydrogen) atoms. The first-order chi connectivity index (χ1) is 7.63. The lowest BCUT2D eigenvalue weighted by atomic mass is 10.1. The highest BCUT2D eigenvalue weighted by atomic mass is 32.2. The molecule has 4 heteroatoms. The topological polar surface area (TPSA) is 64.9 Å². The molecular formula is C12H21N3S. The van der Waals surface area contributed by atoms with Crippen LogP contribution in [0.4, 0.5) is 5.82 Å². The molecule has 0 saturated heterocycles. The van der Waals surface area contributed by atoms with Gasteiger partial charge in [-0.05, 0) is 24.5 Å². The van der Waals surface area contributed by atoms with E-state index in [9.17, 15) is 0 Å². The van der Waals surface area contributed by atoms with E-state index >= 15 is 0 Å². The normalized spacial score (nSPS) is 14.7. The Morgan fingerprint density at radius 3 is 2.88 bits per heavy atom. The molecule has 0 aliphatic rings. The summed E-state index contributed by atoms with van der Waals surface area (Å²) in [5.41, 5.74) is 12.9. The van der Waals surface area contributed by atoms with Gasteiger partial charge in [0.05, 0.1) is 0 Å². The minimum Gasteiger partial charge on any atom is -0.383 e. The van der Waals surface area contributed by atoms with Crippen LogP contribution in [-0.2, 0) is 6.42 Å². The Morgan fingerprint density at radius 2 is 2.25 bits per heavy atom. The molecule has 0 aliphatic heterocycles. The molecule has 0 aliphatic carbocycles. The molecule has 1 aromatic heterocycles. The molecule has 3 nitrogen and oxygen atoms in total. The van der Waals surface area contributed by atoms with Gasteiger partial charge in [-0.3, -0.25) is 0 Å². The van der Waals surface area contributed by atoms with E-state index in [4.69, 9.17) is 11.5 Å². The fraction of sp³-hybridized carbons (Fsp3) is 0.583. The van der Waals surface area contributed by atoms with Crippen molar-refractivity contribution in [3.05, 3.63) is 23.9 Å². The number of hydrogen-bond acceptors (Lipinski definition) is 4. The molecule has 2 unspecified atom stereocenters. The Balaban J connectivity index is 2.40. The summed E-state index contributed by atoms with van der Waals surface area (Å²) in [6.45, 7) is 4.43. The summed E-state index contributed by atoms with van der Waals surface area (Å²) < 4.78 is 0. The monoisotopic (exact) mass is 239 g/mol. The van der Waals surface area contributed by atoms with Crippen molar-refractivity contribution in [2.75, 3.05) is 11.5 Å². The number of hydrogen-bond donors (Lipinski definition) is 2. The van der Waals surface area contributed by atoms with Crippen LogP contribution < -0.4 is 11.5 Å². The predicted octanol–water partition coefficient (Wildman–Crippen LogP) is 2.07. The lowest BCUT2D eigenvalue weighted by molar-refractivity contribution is 0.744. The van der Waals surface area contributed by atoms with Crippen LogP contribution in [0.5, 0.6) is 0 Å². The van der Waals surface area contributed by atoms with Gasteiger partial charge in [0, 0.05) is 23.2 Å². The minimum atomic E-state index is 0.158. The Morgan fingerprint density at radius 1 is 1.50 bits per heavy atom. The number of nitrogens with zero attached hydrogens (tertiary/aromatic N) is 1. The molecule has 1 rings (SSSR count). The highest BCUT2D eigenvalue weighted by molar-refractivity contribution is 7.99. The van der Waals surface area contributed by atoms with Crippen molar-refractivity contribution in [1.82, 2.24) is 4.98 Å². The average Bonchev–Trinajstić information content (AvgIpc) is 2.29. The van der Waals surface area contributed by atoms with Crippen LogP contribution in [0.25, 0.3) is 0 Å². The number of aromatic nitrogens is 1. The quantitative estimate of drug-likeness (QED) is 0.797. The second-order valence-corrected chi connectivity index (χ2v) is 5.54. The summed E-state index contributed by atoms with van der Waals surface area (Å²) in [6.07, 6.45) is 3.70. The van der Waals surface area contributed by atoms with Crippen molar-refractivity contribution < 1.29 is 0 Å². The fourth-order valence-electron chi connectivity index (χ4n) is 1.37. The third-order valence-corrected chi connectivity index (χ3v) is 4.10. The number of thioether (sulfide) groups is 1. The Kier molecular flexibility index (Phi) is 5.63. The van der Waals surface area contributed by atoms with Crippen molar-refractivity contribution in [3.8, 4) is 0 Å². The first-order valence-electron chi connectivity index (χ1n) is 5.70. The van der Waals surface area contributed by atoms with Crippen molar-refractivity contribution in [2.45, 2.75) is 38.0 Å². The van der Waals surface area contributed by atoms with Gasteiger partial charge in [0.2, 0.25) is 0 Å². The van der Waals surface area contributed by atoms with Gasteiger partial charge >= 0.3 is 0 Å². The van der Waals surface area contributed by atoms with E-state index in [-0.39, 0.29) is 6.04 Å². The van der Waals surface area contributed by atoms with Gasteiger partial charge in [0.1, 0.15) is 5.82 Å². The van der Waals surface area contributed by atoms with Crippen LogP contribution in [0.1, 0.15) is 25.8 Å². The largest absolute Gasteiger partial charge is 0.383 e. The second kappa shape index (κ2) is 6.76. The zero-order chi connectivity index (χ0) is 12.0. The van der Waals surface area contributed by atoms with Crippen LogP contribution in [-0.4, -0.2) is 22.0 Å². The molecule has 0 bridgehead atoms. The van der Waals surface area contributed by atoms with E-state index in [0.29, 0.717) is 11.1 Å². The lowest BCUT2D eigenvalue weighted by Gasteiger charge is -2.14. The lowest BCUT2D eigenvalue weighted by Crippen LogP contribution is -2.27. The van der Waals surface area contributed by atoms with Crippen LogP contribution in [0, 0.1) is 0 Å². The molecule has 1 aromatic rings. The van der Waals surface area contributed by atoms with Gasteiger partial charge in [0.15, 0.2) is 0 Å². The summed E-state index contributed by atoms with van der Waals surface area (Å²) in [4.78, 5) is 4.06. The maximum absolute atomic E-state index is 6.07. The highest BCUT2D eigenvalue weighted by Gasteiger charge is 2.09. The van der Waals surface area contributed by atoms with Crippen LogP contribution in [0.3, 0.4) is 0 Å². The zero-order valence-electron chi connectivity index (χ0n) is 10.0. The number of pyridine rings is 1. The maximum Gasteiger partial charge on any atom is 0.126 e. The summed E-state index contributed by atoms with van der Waals surface area (Å²) in [7, 11) is 0. The van der Waals surface area contributed by atoms with E-state index in [1.165, 1.54) is 6.42 Å². The fourth-order valence-corrected chi connectivity index (χ4v) is 2.30. The SMILES string of the molecule is CCC(C)SCC(N)Cc1cccnc1N. The van der Waals surface area contributed by atoms with Crippen molar-refractivity contribution in [3.63, 3.8) is 0 Å². The van der Waals surface area contributed by atoms with Gasteiger partial charge < -0.3 is 11.5 Å². The van der Waals surface area contributed by atoms with E-state index < -0.39 is 0 Å². The summed E-state index contributed by atoms with van der Waals surface area (Å²) in [6, 6.07) is 4.06. The van der Waals surface area contributed by atoms with Crippen molar-refractivity contribution in [1.29, 1.82) is 0 Å². The van der Waals surface area contributed by atoms with Crippen LogP contribution in [0.15, 0.2) is 18.3 Å². The first-order valence-corrected chi connectivity index (χ1v) is 6.75. The van der Waals surface area contributed by atoms with Gasteiger partial charge in [0.25, 0.3) is 0 Å².